The summed E-state index contributed by atoms with van der Waals surface area (Å²) in [5.41, 5.74) is 1.45. The van der Waals surface area contributed by atoms with Gasteiger partial charge in [0.1, 0.15) is 25.7 Å². The van der Waals surface area contributed by atoms with Crippen molar-refractivity contribution in [2.45, 2.75) is 12.5 Å². The number of benzene rings is 2. The predicted molar refractivity (Wildman–Crippen MR) is 93.3 cm³/mol. The Balaban J connectivity index is 1.71. The van der Waals surface area contributed by atoms with Crippen LogP contribution < -0.4 is 9.47 Å². The van der Waals surface area contributed by atoms with Gasteiger partial charge in [-0.2, -0.15) is 0 Å². The Morgan fingerprint density at radius 3 is 2.50 bits per heavy atom. The summed E-state index contributed by atoms with van der Waals surface area (Å²) in [6.07, 6.45) is 0. The maximum Gasteiger partial charge on any atom is 0.320 e. The number of methoxy groups -OCH3 is 1. The first-order chi connectivity index (χ1) is 12.7. The van der Waals surface area contributed by atoms with Crippen molar-refractivity contribution in [3.05, 3.63) is 59.7 Å². The third kappa shape index (κ3) is 4.21. The van der Waals surface area contributed by atoms with Crippen LogP contribution in [0, 0.1) is 0 Å². The van der Waals surface area contributed by atoms with Crippen molar-refractivity contribution in [3.63, 3.8) is 0 Å². The van der Waals surface area contributed by atoms with Crippen LogP contribution in [-0.4, -0.2) is 38.7 Å². The molecule has 3 rings (SSSR count). The number of esters is 1. The van der Waals surface area contributed by atoms with Gasteiger partial charge < -0.3 is 18.9 Å². The smallest absolute Gasteiger partial charge is 0.320 e. The molecule has 0 saturated heterocycles. The van der Waals surface area contributed by atoms with Gasteiger partial charge in [0.25, 0.3) is 0 Å². The molecule has 0 spiro atoms. The Morgan fingerprint density at radius 1 is 1.04 bits per heavy atom. The van der Waals surface area contributed by atoms with Crippen LogP contribution >= 0.6 is 0 Å². The summed E-state index contributed by atoms with van der Waals surface area (Å²) in [5, 5.41) is 0. The molecule has 6 nitrogen and oxygen atoms in total. The molecule has 1 aliphatic heterocycles. The molecule has 2 aromatic rings. The first-order valence-electron chi connectivity index (χ1n) is 8.31. The zero-order valence-electron chi connectivity index (χ0n) is 14.5. The molecule has 0 aliphatic carbocycles. The summed E-state index contributed by atoms with van der Waals surface area (Å²) in [7, 11) is 1.26. The van der Waals surface area contributed by atoms with E-state index >= 15 is 0 Å². The number of carbonyl (C=O) groups excluding carboxylic acids is 2. The molecule has 0 radical (unpaired) electrons. The summed E-state index contributed by atoms with van der Waals surface area (Å²) in [4.78, 5) is 24.8. The Hall–Kier alpha value is -2.86. The van der Waals surface area contributed by atoms with Gasteiger partial charge in [0.15, 0.2) is 17.3 Å². The molecular weight excluding hydrogens is 336 g/mol. The Bertz CT molecular complexity index is 771. The molecule has 1 atom stereocenters. The van der Waals surface area contributed by atoms with E-state index in [2.05, 4.69) is 0 Å². The maximum atomic E-state index is 12.6. The number of Topliss-reactive ketones (excluding diaryl/α,β-unsaturated/α-hetero) is 1. The molecule has 0 N–H and O–H groups in total. The normalized spacial score (nSPS) is 13.7. The number of fused-ring (bicyclic) bond motifs is 1. The standard InChI is InChI=1S/C20H20O6/c1-23-20(22)19(15-7-8-17-18(11-15)26-10-9-25-17)16(21)13-24-12-14-5-3-2-4-6-14/h2-8,11,19H,9-10,12-13H2,1H3. The lowest BCUT2D eigenvalue weighted by Crippen LogP contribution is -2.27. The number of carbonyl (C=O) groups is 2. The van der Waals surface area contributed by atoms with Gasteiger partial charge in [-0.25, -0.2) is 0 Å². The molecule has 1 unspecified atom stereocenters. The second-order valence-corrected chi connectivity index (χ2v) is 5.80. The summed E-state index contributed by atoms with van der Waals surface area (Å²) < 4.78 is 21.3. The minimum Gasteiger partial charge on any atom is -0.486 e. The van der Waals surface area contributed by atoms with Crippen LogP contribution in [0.2, 0.25) is 0 Å². The third-order valence-corrected chi connectivity index (χ3v) is 4.01. The van der Waals surface area contributed by atoms with Gasteiger partial charge in [0, 0.05) is 0 Å². The number of ketones is 1. The van der Waals surface area contributed by atoms with Crippen LogP contribution in [0.4, 0.5) is 0 Å². The molecular formula is C20H20O6. The summed E-state index contributed by atoms with van der Waals surface area (Å²) in [6.45, 7) is 0.997. The molecule has 136 valence electrons. The largest absolute Gasteiger partial charge is 0.486 e. The number of ether oxygens (including phenoxy) is 4. The van der Waals surface area contributed by atoms with E-state index in [1.54, 1.807) is 18.2 Å². The van der Waals surface area contributed by atoms with Crippen LogP contribution in [0.5, 0.6) is 11.5 Å². The van der Waals surface area contributed by atoms with Crippen molar-refractivity contribution >= 4 is 11.8 Å². The van der Waals surface area contributed by atoms with Gasteiger partial charge >= 0.3 is 5.97 Å². The monoisotopic (exact) mass is 356 g/mol. The van der Waals surface area contributed by atoms with E-state index in [1.807, 2.05) is 30.3 Å². The van der Waals surface area contributed by atoms with Crippen molar-refractivity contribution in [2.75, 3.05) is 26.9 Å². The van der Waals surface area contributed by atoms with Crippen molar-refractivity contribution in [3.8, 4) is 11.5 Å². The van der Waals surface area contributed by atoms with Gasteiger partial charge in [-0.1, -0.05) is 36.4 Å². The van der Waals surface area contributed by atoms with Crippen molar-refractivity contribution in [1.82, 2.24) is 0 Å². The lowest BCUT2D eigenvalue weighted by atomic mass is 9.94. The fraction of sp³-hybridized carbons (Fsp3) is 0.300. The zero-order valence-corrected chi connectivity index (χ0v) is 14.5. The fourth-order valence-electron chi connectivity index (χ4n) is 2.74. The van der Waals surface area contributed by atoms with E-state index in [-0.39, 0.29) is 12.4 Å². The van der Waals surface area contributed by atoms with Crippen molar-refractivity contribution in [1.29, 1.82) is 0 Å². The summed E-state index contributed by atoms with van der Waals surface area (Å²) in [5.74, 6) is -0.955. The topological polar surface area (TPSA) is 71.1 Å². The average molecular weight is 356 g/mol. The van der Waals surface area contributed by atoms with Crippen molar-refractivity contribution < 1.29 is 28.5 Å². The van der Waals surface area contributed by atoms with E-state index in [0.29, 0.717) is 36.9 Å². The lowest BCUT2D eigenvalue weighted by molar-refractivity contribution is -0.146. The number of hydrogen-bond donors (Lipinski definition) is 0. The highest BCUT2D eigenvalue weighted by Gasteiger charge is 2.30. The van der Waals surface area contributed by atoms with E-state index < -0.39 is 11.9 Å². The molecule has 26 heavy (non-hydrogen) atoms. The maximum absolute atomic E-state index is 12.6. The first kappa shape index (κ1) is 17.9. The molecule has 1 aliphatic rings. The Labute approximate surface area is 151 Å². The van der Waals surface area contributed by atoms with Crippen molar-refractivity contribution in [2.24, 2.45) is 0 Å². The van der Waals surface area contributed by atoms with Crippen LogP contribution in [0.1, 0.15) is 17.0 Å². The number of hydrogen-bond acceptors (Lipinski definition) is 6. The third-order valence-electron chi connectivity index (χ3n) is 4.01. The number of rotatable bonds is 7. The molecule has 6 heteroatoms. The summed E-state index contributed by atoms with van der Waals surface area (Å²) >= 11 is 0. The van der Waals surface area contributed by atoms with E-state index in [0.717, 1.165) is 5.56 Å². The molecule has 0 fully saturated rings. The molecule has 0 amide bonds. The van der Waals surface area contributed by atoms with Gasteiger partial charge in [0.2, 0.25) is 0 Å². The van der Waals surface area contributed by atoms with Gasteiger partial charge in [0.05, 0.1) is 13.7 Å². The fourth-order valence-corrected chi connectivity index (χ4v) is 2.74. The first-order valence-corrected chi connectivity index (χ1v) is 8.31. The Kier molecular flexibility index (Phi) is 5.86. The quantitative estimate of drug-likeness (QED) is 0.561. The molecule has 0 aromatic heterocycles. The second-order valence-electron chi connectivity index (χ2n) is 5.80. The van der Waals surface area contributed by atoms with Gasteiger partial charge in [-0.15, -0.1) is 0 Å². The minimum absolute atomic E-state index is 0.191. The minimum atomic E-state index is -1.06. The predicted octanol–water partition coefficient (Wildman–Crippen LogP) is 2.50. The molecule has 2 aromatic carbocycles. The summed E-state index contributed by atoms with van der Waals surface area (Å²) in [6, 6.07) is 14.5. The van der Waals surface area contributed by atoms with E-state index in [4.69, 9.17) is 18.9 Å². The average Bonchev–Trinajstić information content (AvgIpc) is 2.68. The van der Waals surface area contributed by atoms with Crippen LogP contribution in [0.25, 0.3) is 0 Å². The van der Waals surface area contributed by atoms with Crippen LogP contribution in [0.15, 0.2) is 48.5 Å². The molecule has 0 bridgehead atoms. The second kappa shape index (κ2) is 8.49. The molecule has 1 heterocycles. The Morgan fingerprint density at radius 2 is 1.77 bits per heavy atom. The highest BCUT2D eigenvalue weighted by molar-refractivity contribution is 6.05. The van der Waals surface area contributed by atoms with E-state index in [1.165, 1.54) is 7.11 Å². The molecule has 0 saturated carbocycles. The van der Waals surface area contributed by atoms with Crippen LogP contribution in [-0.2, 0) is 25.7 Å². The van der Waals surface area contributed by atoms with E-state index in [9.17, 15) is 9.59 Å². The SMILES string of the molecule is COC(=O)C(C(=O)COCc1ccccc1)c1ccc2c(c1)OCCO2. The lowest BCUT2D eigenvalue weighted by Gasteiger charge is -2.21. The van der Waals surface area contributed by atoms with Crippen LogP contribution in [0.3, 0.4) is 0 Å². The van der Waals surface area contributed by atoms with Gasteiger partial charge in [-0.3, -0.25) is 9.59 Å². The highest BCUT2D eigenvalue weighted by atomic mass is 16.6. The van der Waals surface area contributed by atoms with Gasteiger partial charge in [-0.05, 0) is 23.3 Å². The zero-order chi connectivity index (χ0) is 18.4. The highest BCUT2D eigenvalue weighted by Crippen LogP contribution is 2.33.